The molecule has 29 heavy (non-hydrogen) atoms. The van der Waals surface area contributed by atoms with Gasteiger partial charge in [-0.3, -0.25) is 0 Å². The second kappa shape index (κ2) is 10.8. The van der Waals surface area contributed by atoms with Gasteiger partial charge in [-0.15, -0.1) is 0 Å². The van der Waals surface area contributed by atoms with Crippen LogP contribution in [0.15, 0.2) is 53.4 Å². The van der Waals surface area contributed by atoms with Gasteiger partial charge in [0.15, 0.2) is 0 Å². The third-order valence-electron chi connectivity index (χ3n) is 4.28. The molecule has 0 unspecified atom stereocenters. The summed E-state index contributed by atoms with van der Waals surface area (Å²) in [6, 6.07) is 13.3. The topological polar surface area (TPSA) is 105 Å². The van der Waals surface area contributed by atoms with Gasteiger partial charge >= 0.3 is 6.09 Å². The number of sulfonamides is 1. The number of unbranched alkanes of at least 4 members (excludes halogenated alkanes) is 1. The number of ether oxygens (including phenoxy) is 1. The standard InChI is InChI=1S/C21H28N2O5S/c1-3-5-10-16-13-9-14-18(19(16)24)29(26,27)23-20(17-11-7-6-8-12-17)22-21(25)28-15-4-2/h6-9,11-14,20,23-24H,3-5,10,15H2,1-2H3,(H,22,25)/t20-/m0/s1. The highest BCUT2D eigenvalue weighted by atomic mass is 32.2. The molecule has 0 saturated heterocycles. The molecule has 2 rings (SSSR count). The summed E-state index contributed by atoms with van der Waals surface area (Å²) in [6.45, 7) is 4.10. The van der Waals surface area contributed by atoms with Crippen LogP contribution >= 0.6 is 0 Å². The maximum atomic E-state index is 13.0. The molecule has 0 saturated carbocycles. The first kappa shape index (κ1) is 22.7. The van der Waals surface area contributed by atoms with Crippen LogP contribution in [0.5, 0.6) is 5.75 Å². The summed E-state index contributed by atoms with van der Waals surface area (Å²) in [7, 11) is -4.12. The SMILES string of the molecule is CCCCc1cccc(S(=O)(=O)N[C@H](NC(=O)OCCC)c2ccccc2)c1O. The number of benzene rings is 2. The Morgan fingerprint density at radius 2 is 1.79 bits per heavy atom. The second-order valence-electron chi connectivity index (χ2n) is 6.61. The molecule has 1 amide bonds. The monoisotopic (exact) mass is 420 g/mol. The fourth-order valence-electron chi connectivity index (χ4n) is 2.75. The van der Waals surface area contributed by atoms with Crippen LogP contribution in [-0.2, 0) is 21.2 Å². The number of aryl methyl sites for hydroxylation is 1. The van der Waals surface area contributed by atoms with Gasteiger partial charge in [0.25, 0.3) is 0 Å². The number of amides is 1. The summed E-state index contributed by atoms with van der Waals surface area (Å²) in [5.41, 5.74) is 1.10. The van der Waals surface area contributed by atoms with Crippen LogP contribution in [0.25, 0.3) is 0 Å². The van der Waals surface area contributed by atoms with Gasteiger partial charge in [-0.05, 0) is 36.5 Å². The van der Waals surface area contributed by atoms with E-state index < -0.39 is 22.3 Å². The van der Waals surface area contributed by atoms with Gasteiger partial charge < -0.3 is 15.2 Å². The highest BCUT2D eigenvalue weighted by Gasteiger charge is 2.26. The van der Waals surface area contributed by atoms with Gasteiger partial charge in [0.2, 0.25) is 10.0 Å². The van der Waals surface area contributed by atoms with E-state index in [1.807, 2.05) is 13.8 Å². The van der Waals surface area contributed by atoms with Crippen molar-refractivity contribution in [3.05, 3.63) is 59.7 Å². The molecule has 2 aromatic carbocycles. The molecule has 0 aliphatic heterocycles. The van der Waals surface area contributed by atoms with Crippen molar-refractivity contribution in [2.24, 2.45) is 0 Å². The van der Waals surface area contributed by atoms with E-state index in [0.717, 1.165) is 12.8 Å². The highest BCUT2D eigenvalue weighted by Crippen LogP contribution is 2.29. The Bertz CT molecular complexity index is 901. The first-order chi connectivity index (χ1) is 13.9. The Kier molecular flexibility index (Phi) is 8.48. The fraction of sp³-hybridized carbons (Fsp3) is 0.381. The number of nitrogens with one attached hydrogen (secondary N) is 2. The van der Waals surface area contributed by atoms with Crippen molar-refractivity contribution in [2.45, 2.75) is 50.6 Å². The van der Waals surface area contributed by atoms with Gasteiger partial charge in [-0.2, -0.15) is 4.72 Å². The minimum atomic E-state index is -4.12. The lowest BCUT2D eigenvalue weighted by Gasteiger charge is -2.21. The number of alkyl carbamates (subject to hydrolysis) is 1. The number of carbonyl (C=O) groups excluding carboxylic acids is 1. The van der Waals surface area contributed by atoms with E-state index in [4.69, 9.17) is 4.74 Å². The Hall–Kier alpha value is -2.58. The van der Waals surface area contributed by atoms with Gasteiger partial charge in [0.05, 0.1) is 6.61 Å². The van der Waals surface area contributed by atoms with Crippen LogP contribution in [0.3, 0.4) is 0 Å². The molecule has 158 valence electrons. The van der Waals surface area contributed by atoms with E-state index in [1.165, 1.54) is 6.07 Å². The molecule has 0 bridgehead atoms. The molecule has 3 N–H and O–H groups in total. The Labute approximate surface area is 172 Å². The summed E-state index contributed by atoms with van der Waals surface area (Å²) in [4.78, 5) is 11.8. The number of rotatable bonds is 10. The van der Waals surface area contributed by atoms with Crippen molar-refractivity contribution in [3.63, 3.8) is 0 Å². The van der Waals surface area contributed by atoms with E-state index in [2.05, 4.69) is 10.0 Å². The molecule has 0 fully saturated rings. The minimum Gasteiger partial charge on any atom is -0.506 e. The van der Waals surface area contributed by atoms with E-state index >= 15 is 0 Å². The molecule has 0 aliphatic carbocycles. The Morgan fingerprint density at radius 3 is 2.45 bits per heavy atom. The van der Waals surface area contributed by atoms with E-state index in [-0.39, 0.29) is 17.3 Å². The summed E-state index contributed by atoms with van der Waals surface area (Å²) < 4.78 is 33.5. The van der Waals surface area contributed by atoms with Gasteiger partial charge in [-0.1, -0.05) is 62.7 Å². The maximum absolute atomic E-state index is 13.0. The summed E-state index contributed by atoms with van der Waals surface area (Å²) in [6.07, 6.45) is 1.20. The largest absolute Gasteiger partial charge is 0.506 e. The number of phenolic OH excluding ortho intramolecular Hbond substituents is 1. The van der Waals surface area contributed by atoms with Gasteiger partial charge in [0, 0.05) is 0 Å². The molecular weight excluding hydrogens is 392 g/mol. The van der Waals surface area contributed by atoms with Gasteiger partial charge in [0.1, 0.15) is 16.8 Å². The number of hydrogen-bond acceptors (Lipinski definition) is 5. The summed E-state index contributed by atoms with van der Waals surface area (Å²) in [5, 5.41) is 13.0. The first-order valence-electron chi connectivity index (χ1n) is 9.70. The molecule has 1 atom stereocenters. The van der Waals surface area contributed by atoms with Crippen LogP contribution in [0.2, 0.25) is 0 Å². The number of carbonyl (C=O) groups is 1. The molecule has 7 nitrogen and oxygen atoms in total. The summed E-state index contributed by atoms with van der Waals surface area (Å²) in [5.74, 6) is -0.270. The third kappa shape index (κ3) is 6.47. The number of para-hydroxylation sites is 1. The predicted octanol–water partition coefficient (Wildman–Crippen LogP) is 3.85. The van der Waals surface area contributed by atoms with Crippen molar-refractivity contribution in [3.8, 4) is 5.75 Å². The zero-order chi connectivity index (χ0) is 21.3. The first-order valence-corrected chi connectivity index (χ1v) is 11.2. The Morgan fingerprint density at radius 1 is 1.07 bits per heavy atom. The second-order valence-corrected chi connectivity index (χ2v) is 8.30. The minimum absolute atomic E-state index is 0.223. The highest BCUT2D eigenvalue weighted by molar-refractivity contribution is 7.89. The number of hydrogen-bond donors (Lipinski definition) is 3. The zero-order valence-electron chi connectivity index (χ0n) is 16.7. The predicted molar refractivity (Wildman–Crippen MR) is 111 cm³/mol. The molecule has 8 heteroatoms. The van der Waals surface area contributed by atoms with Crippen LogP contribution in [0.1, 0.15) is 50.4 Å². The quantitative estimate of drug-likeness (QED) is 0.507. The molecule has 0 aliphatic rings. The smallest absolute Gasteiger partial charge is 0.408 e. The van der Waals surface area contributed by atoms with Crippen molar-refractivity contribution in [1.82, 2.24) is 10.0 Å². The van der Waals surface area contributed by atoms with Gasteiger partial charge in [-0.25, -0.2) is 13.2 Å². The average molecular weight is 421 g/mol. The maximum Gasteiger partial charge on any atom is 0.408 e. The van der Waals surface area contributed by atoms with Crippen LogP contribution in [-0.4, -0.2) is 26.2 Å². The normalized spacial score (nSPS) is 12.3. The third-order valence-corrected chi connectivity index (χ3v) is 5.73. The van der Waals surface area contributed by atoms with E-state index in [1.54, 1.807) is 42.5 Å². The number of phenols is 1. The lowest BCUT2D eigenvalue weighted by molar-refractivity contribution is 0.141. The molecule has 0 spiro atoms. The molecule has 0 aromatic heterocycles. The van der Waals surface area contributed by atoms with E-state index in [0.29, 0.717) is 24.0 Å². The zero-order valence-corrected chi connectivity index (χ0v) is 17.5. The lowest BCUT2D eigenvalue weighted by Crippen LogP contribution is -2.41. The van der Waals surface area contributed by atoms with Crippen molar-refractivity contribution < 1.29 is 23.1 Å². The molecule has 2 aromatic rings. The van der Waals surface area contributed by atoms with Crippen LogP contribution < -0.4 is 10.0 Å². The molecular formula is C21H28N2O5S. The molecule has 0 heterocycles. The van der Waals surface area contributed by atoms with Crippen molar-refractivity contribution in [2.75, 3.05) is 6.61 Å². The Balaban J connectivity index is 2.30. The van der Waals surface area contributed by atoms with Crippen molar-refractivity contribution in [1.29, 1.82) is 0 Å². The van der Waals surface area contributed by atoms with E-state index in [9.17, 15) is 18.3 Å². The average Bonchev–Trinajstić information content (AvgIpc) is 2.71. The lowest BCUT2D eigenvalue weighted by atomic mass is 10.1. The van der Waals surface area contributed by atoms with Crippen LogP contribution in [0.4, 0.5) is 4.79 Å². The summed E-state index contributed by atoms with van der Waals surface area (Å²) >= 11 is 0. The van der Waals surface area contributed by atoms with Crippen LogP contribution in [0, 0.1) is 0 Å². The fourth-order valence-corrected chi connectivity index (χ4v) is 4.03. The number of aromatic hydroxyl groups is 1. The van der Waals surface area contributed by atoms with Crippen molar-refractivity contribution >= 4 is 16.1 Å². The molecule has 0 radical (unpaired) electrons.